The largest absolute Gasteiger partial charge is 0.0955 e. The fraction of sp³-hybridized carbons (Fsp3) is 0.286. The molecule has 0 aliphatic heterocycles. The monoisotopic (exact) mass is 188 g/mol. The molecule has 0 nitrogen and oxygen atoms in total. The molecule has 0 aromatic carbocycles. The Morgan fingerprint density at radius 1 is 1.07 bits per heavy atom. The van der Waals surface area contributed by atoms with Gasteiger partial charge in [0, 0.05) is 0 Å². The van der Waals surface area contributed by atoms with Crippen molar-refractivity contribution in [3.63, 3.8) is 0 Å². The van der Waals surface area contributed by atoms with Gasteiger partial charge < -0.3 is 0 Å². The first-order valence-corrected chi connectivity index (χ1v) is 4.86. The Labute approximate surface area is 88.0 Å². The van der Waals surface area contributed by atoms with Crippen LogP contribution in [0.3, 0.4) is 0 Å². The molecule has 0 fully saturated rings. The Morgan fingerprint density at radius 3 is 2.00 bits per heavy atom. The molecule has 14 heavy (non-hydrogen) atoms. The van der Waals surface area contributed by atoms with Crippen molar-refractivity contribution in [3.8, 4) is 0 Å². The zero-order valence-corrected chi connectivity index (χ0v) is 9.72. The highest BCUT2D eigenvalue weighted by atomic mass is 14.1. The Morgan fingerprint density at radius 2 is 1.64 bits per heavy atom. The van der Waals surface area contributed by atoms with E-state index >= 15 is 0 Å². The van der Waals surface area contributed by atoms with Crippen LogP contribution >= 0.6 is 0 Å². The smallest absolute Gasteiger partial charge is 0.0164 e. The molecule has 0 N–H and O–H groups in total. The van der Waals surface area contributed by atoms with Crippen molar-refractivity contribution in [2.24, 2.45) is 0 Å². The van der Waals surface area contributed by atoms with E-state index in [0.29, 0.717) is 0 Å². The number of rotatable bonds is 4. The molecule has 0 aliphatic carbocycles. The highest BCUT2D eigenvalue weighted by Gasteiger charge is 2.03. The van der Waals surface area contributed by atoms with Gasteiger partial charge in [0.2, 0.25) is 0 Å². The Kier molecular flexibility index (Phi) is 5.62. The van der Waals surface area contributed by atoms with Gasteiger partial charge in [-0.15, -0.1) is 0 Å². The normalized spacial score (nSPS) is 13.4. The summed E-state index contributed by atoms with van der Waals surface area (Å²) < 4.78 is 0. The third kappa shape index (κ3) is 3.61. The predicted octanol–water partition coefficient (Wildman–Crippen LogP) is 4.59. The molecule has 0 heterocycles. The van der Waals surface area contributed by atoms with E-state index in [9.17, 15) is 0 Å². The summed E-state index contributed by atoms with van der Waals surface area (Å²) in [7, 11) is 0. The van der Waals surface area contributed by atoms with Crippen molar-refractivity contribution in [2.75, 3.05) is 0 Å². The van der Waals surface area contributed by atoms with Crippen LogP contribution in [0.5, 0.6) is 0 Å². The number of allylic oxidation sites excluding steroid dienone is 8. The van der Waals surface area contributed by atoms with Crippen molar-refractivity contribution >= 4 is 0 Å². The molecule has 0 aromatic heterocycles. The second-order valence-corrected chi connectivity index (χ2v) is 3.34. The minimum Gasteiger partial charge on any atom is -0.0955 e. The van der Waals surface area contributed by atoms with Crippen molar-refractivity contribution in [3.05, 3.63) is 59.8 Å². The lowest BCUT2D eigenvalue weighted by atomic mass is 9.95. The molecule has 0 saturated heterocycles. The molecule has 0 unspecified atom stereocenters. The average Bonchev–Trinajstić information content (AvgIpc) is 2.16. The van der Waals surface area contributed by atoms with Gasteiger partial charge in [-0.05, 0) is 44.4 Å². The van der Waals surface area contributed by atoms with Crippen LogP contribution in [0.4, 0.5) is 0 Å². The van der Waals surface area contributed by atoms with Gasteiger partial charge in [0.05, 0.1) is 0 Å². The van der Waals surface area contributed by atoms with E-state index in [2.05, 4.69) is 32.2 Å². The number of hydrogen-bond acceptors (Lipinski definition) is 0. The van der Waals surface area contributed by atoms with Crippen molar-refractivity contribution in [1.29, 1.82) is 0 Å². The molecule has 0 saturated carbocycles. The third-order valence-corrected chi connectivity index (χ3v) is 2.15. The zero-order valence-electron chi connectivity index (χ0n) is 9.72. The molecular weight excluding hydrogens is 168 g/mol. The standard InChI is InChI=1S/C14H20/c1-7-9-10-14(11(3)4)13(6)12(5)8-2/h7-10H,3,6H2,1-2,4-5H3/b9-7-,12-8-,14-10-. The fourth-order valence-corrected chi connectivity index (χ4v) is 1.08. The predicted molar refractivity (Wildman–Crippen MR) is 66.3 cm³/mol. The van der Waals surface area contributed by atoms with Gasteiger partial charge in [-0.25, -0.2) is 0 Å². The van der Waals surface area contributed by atoms with Crippen LogP contribution in [0.2, 0.25) is 0 Å². The van der Waals surface area contributed by atoms with Crippen LogP contribution in [0.25, 0.3) is 0 Å². The lowest BCUT2D eigenvalue weighted by Crippen LogP contribution is -1.91. The van der Waals surface area contributed by atoms with E-state index in [4.69, 9.17) is 0 Å². The quantitative estimate of drug-likeness (QED) is 0.566. The molecule has 0 atom stereocenters. The lowest BCUT2D eigenvalue weighted by molar-refractivity contribution is 1.31. The molecule has 76 valence electrons. The first-order chi connectivity index (χ1) is 6.54. The van der Waals surface area contributed by atoms with E-state index in [1.165, 1.54) is 5.57 Å². The van der Waals surface area contributed by atoms with E-state index in [1.54, 1.807) is 0 Å². The van der Waals surface area contributed by atoms with Gasteiger partial charge in [0.1, 0.15) is 0 Å². The van der Waals surface area contributed by atoms with Crippen molar-refractivity contribution in [1.82, 2.24) is 0 Å². The first-order valence-electron chi connectivity index (χ1n) is 4.86. The molecule has 0 aliphatic rings. The second-order valence-electron chi connectivity index (χ2n) is 3.34. The van der Waals surface area contributed by atoms with E-state index in [0.717, 1.165) is 16.7 Å². The second kappa shape index (κ2) is 6.20. The summed E-state index contributed by atoms with van der Waals surface area (Å²) in [5.41, 5.74) is 4.43. The van der Waals surface area contributed by atoms with Crippen LogP contribution in [-0.2, 0) is 0 Å². The third-order valence-electron chi connectivity index (χ3n) is 2.15. The fourth-order valence-electron chi connectivity index (χ4n) is 1.08. The van der Waals surface area contributed by atoms with Crippen molar-refractivity contribution < 1.29 is 0 Å². The molecule has 0 heteroatoms. The summed E-state index contributed by atoms with van der Waals surface area (Å²) >= 11 is 0. The topological polar surface area (TPSA) is 0 Å². The molecular formula is C14H20. The molecule has 0 spiro atoms. The minimum atomic E-state index is 1.05. The lowest BCUT2D eigenvalue weighted by Gasteiger charge is -2.10. The van der Waals surface area contributed by atoms with Gasteiger partial charge in [-0.2, -0.15) is 0 Å². The Balaban J connectivity index is 5.04. The summed E-state index contributed by atoms with van der Waals surface area (Å²) in [5.74, 6) is 0. The summed E-state index contributed by atoms with van der Waals surface area (Å²) in [4.78, 5) is 0. The van der Waals surface area contributed by atoms with E-state index in [1.807, 2.05) is 32.9 Å². The van der Waals surface area contributed by atoms with Gasteiger partial charge in [-0.1, -0.05) is 43.0 Å². The summed E-state index contributed by atoms with van der Waals surface area (Å²) in [6, 6.07) is 0. The molecule has 0 aromatic rings. The highest BCUT2D eigenvalue weighted by Crippen LogP contribution is 2.22. The zero-order chi connectivity index (χ0) is 11.1. The van der Waals surface area contributed by atoms with Gasteiger partial charge in [0.25, 0.3) is 0 Å². The first kappa shape index (κ1) is 12.7. The maximum absolute atomic E-state index is 4.07. The summed E-state index contributed by atoms with van der Waals surface area (Å²) in [6.45, 7) is 16.1. The Hall–Kier alpha value is -1.30. The van der Waals surface area contributed by atoms with Crippen LogP contribution in [0.1, 0.15) is 27.7 Å². The maximum atomic E-state index is 4.07. The highest BCUT2D eigenvalue weighted by molar-refractivity contribution is 5.53. The summed E-state index contributed by atoms with van der Waals surface area (Å²) in [5, 5.41) is 0. The van der Waals surface area contributed by atoms with Gasteiger partial charge in [-0.3, -0.25) is 0 Å². The Bertz CT molecular complexity index is 309. The van der Waals surface area contributed by atoms with E-state index < -0.39 is 0 Å². The van der Waals surface area contributed by atoms with Gasteiger partial charge in [0.15, 0.2) is 0 Å². The molecule has 0 bridgehead atoms. The summed E-state index contributed by atoms with van der Waals surface area (Å²) in [6.07, 6.45) is 8.13. The number of hydrogen-bond donors (Lipinski definition) is 0. The van der Waals surface area contributed by atoms with Crippen LogP contribution in [0, 0.1) is 0 Å². The molecule has 0 rings (SSSR count). The molecule has 0 radical (unpaired) electrons. The van der Waals surface area contributed by atoms with Gasteiger partial charge >= 0.3 is 0 Å². The van der Waals surface area contributed by atoms with Crippen LogP contribution < -0.4 is 0 Å². The maximum Gasteiger partial charge on any atom is -0.0164 e. The molecule has 0 amide bonds. The minimum absolute atomic E-state index is 1.05. The van der Waals surface area contributed by atoms with Crippen molar-refractivity contribution in [2.45, 2.75) is 27.7 Å². The SMILES string of the molecule is C=C(C)/C(=C/C=C\C)C(=C)/C(C)=C\C. The van der Waals surface area contributed by atoms with Crippen LogP contribution in [0.15, 0.2) is 59.8 Å². The average molecular weight is 188 g/mol. The van der Waals surface area contributed by atoms with E-state index in [-0.39, 0.29) is 0 Å². The van der Waals surface area contributed by atoms with Crippen LogP contribution in [-0.4, -0.2) is 0 Å².